The van der Waals surface area contributed by atoms with Crippen LogP contribution in [-0.2, 0) is 13.1 Å². The van der Waals surface area contributed by atoms with Crippen LogP contribution >= 0.6 is 11.8 Å². The van der Waals surface area contributed by atoms with Gasteiger partial charge in [0.15, 0.2) is 5.17 Å². The highest BCUT2D eigenvalue weighted by Crippen LogP contribution is 2.20. The molecule has 6 heteroatoms. The van der Waals surface area contributed by atoms with Crippen molar-refractivity contribution < 1.29 is 4.74 Å². The van der Waals surface area contributed by atoms with Crippen LogP contribution in [0.4, 0.5) is 0 Å². The van der Waals surface area contributed by atoms with Crippen molar-refractivity contribution in [3.05, 3.63) is 48.5 Å². The molecule has 0 aliphatic carbocycles. The normalized spacial score (nSPS) is 14.3. The second-order valence-electron chi connectivity index (χ2n) is 5.79. The lowest BCUT2D eigenvalue weighted by Crippen LogP contribution is -2.31. The number of imidazole rings is 1. The van der Waals surface area contributed by atoms with Gasteiger partial charge in [0.2, 0.25) is 0 Å². The number of nitrogens with zero attached hydrogens (tertiary/aromatic N) is 4. The summed E-state index contributed by atoms with van der Waals surface area (Å²) in [5, 5.41) is 1.18. The predicted octanol–water partition coefficient (Wildman–Crippen LogP) is 3.28. The van der Waals surface area contributed by atoms with Gasteiger partial charge < -0.3 is 14.2 Å². The first-order valence-corrected chi connectivity index (χ1v) is 9.34. The molecule has 0 N–H and O–H groups in total. The molecule has 1 aromatic carbocycles. The number of hydrogen-bond donors (Lipinski definition) is 0. The van der Waals surface area contributed by atoms with E-state index in [0.29, 0.717) is 0 Å². The molecule has 1 aliphatic heterocycles. The molecule has 0 bridgehead atoms. The molecule has 128 valence electrons. The fraction of sp³-hybridized carbons (Fsp3) is 0.444. The van der Waals surface area contributed by atoms with E-state index in [2.05, 4.69) is 26.6 Å². The Morgan fingerprint density at radius 2 is 2.17 bits per heavy atom. The van der Waals surface area contributed by atoms with E-state index in [1.165, 1.54) is 22.9 Å². The van der Waals surface area contributed by atoms with Gasteiger partial charge in [-0.2, -0.15) is 0 Å². The van der Waals surface area contributed by atoms with E-state index in [1.807, 2.05) is 42.6 Å². The third-order valence-corrected chi connectivity index (χ3v) is 5.13. The average Bonchev–Trinajstić information content (AvgIpc) is 3.16. The molecule has 2 heterocycles. The lowest BCUT2D eigenvalue weighted by atomic mass is 10.2. The van der Waals surface area contributed by atoms with Crippen LogP contribution in [0.15, 0.2) is 48.0 Å². The average molecular weight is 344 g/mol. The maximum Gasteiger partial charge on any atom is 0.159 e. The second-order valence-corrected chi connectivity index (χ2v) is 6.85. The summed E-state index contributed by atoms with van der Waals surface area (Å²) in [5.74, 6) is 2.06. The van der Waals surface area contributed by atoms with Crippen LogP contribution in [0.2, 0.25) is 0 Å². The van der Waals surface area contributed by atoms with Crippen molar-refractivity contribution in [2.75, 3.05) is 26.0 Å². The highest BCUT2D eigenvalue weighted by molar-refractivity contribution is 8.13. The third-order valence-electron chi connectivity index (χ3n) is 3.99. The molecule has 2 aromatic rings. The largest absolute Gasteiger partial charge is 0.497 e. The monoisotopic (exact) mass is 344 g/mol. The summed E-state index contributed by atoms with van der Waals surface area (Å²) >= 11 is 1.88. The fourth-order valence-electron chi connectivity index (χ4n) is 2.70. The maximum atomic E-state index is 5.25. The quantitative estimate of drug-likeness (QED) is 0.773. The van der Waals surface area contributed by atoms with Crippen LogP contribution in [0.1, 0.15) is 18.4 Å². The van der Waals surface area contributed by atoms with E-state index >= 15 is 0 Å². The molecule has 24 heavy (non-hydrogen) atoms. The highest BCUT2D eigenvalue weighted by Gasteiger charge is 2.15. The van der Waals surface area contributed by atoms with Gasteiger partial charge in [0, 0.05) is 44.3 Å². The topological polar surface area (TPSA) is 42.6 Å². The summed E-state index contributed by atoms with van der Waals surface area (Å²) in [6.45, 7) is 3.82. The lowest BCUT2D eigenvalue weighted by Gasteiger charge is -2.27. The molecule has 0 atom stereocenters. The highest BCUT2D eigenvalue weighted by atomic mass is 32.2. The molecule has 0 saturated carbocycles. The zero-order chi connectivity index (χ0) is 16.6. The number of aliphatic imine (C=N–C) groups is 1. The Morgan fingerprint density at radius 3 is 2.83 bits per heavy atom. The van der Waals surface area contributed by atoms with Crippen molar-refractivity contribution in [2.24, 2.45) is 4.99 Å². The van der Waals surface area contributed by atoms with Crippen molar-refractivity contribution in [3.8, 4) is 5.75 Å². The number of hydrogen-bond acceptors (Lipinski definition) is 5. The third kappa shape index (κ3) is 4.77. The molecule has 3 rings (SSSR count). The maximum absolute atomic E-state index is 5.25. The molecule has 0 radical (unpaired) electrons. The number of aryl methyl sites for hydroxylation is 1. The summed E-state index contributed by atoms with van der Waals surface area (Å²) in [7, 11) is 1.70. The molecule has 1 aliphatic rings. The first-order chi connectivity index (χ1) is 11.8. The molecule has 5 nitrogen and oxygen atoms in total. The molecule has 0 fully saturated rings. The SMILES string of the molecule is COc1ccc(CN(CCCn2ccnc2)C2=NCCCS2)cc1. The van der Waals surface area contributed by atoms with Gasteiger partial charge in [-0.05, 0) is 30.5 Å². The fourth-order valence-corrected chi connectivity index (χ4v) is 3.67. The Labute approximate surface area is 147 Å². The van der Waals surface area contributed by atoms with Gasteiger partial charge in [0.25, 0.3) is 0 Å². The molecular weight excluding hydrogens is 320 g/mol. The first kappa shape index (κ1) is 16.9. The summed E-state index contributed by atoms with van der Waals surface area (Å²) in [6, 6.07) is 8.31. The van der Waals surface area contributed by atoms with Crippen molar-refractivity contribution in [1.29, 1.82) is 0 Å². The number of methoxy groups -OCH3 is 1. The summed E-state index contributed by atoms with van der Waals surface area (Å²) in [4.78, 5) is 11.2. The minimum atomic E-state index is 0.889. The number of benzene rings is 1. The van der Waals surface area contributed by atoms with Crippen LogP contribution in [0.3, 0.4) is 0 Å². The predicted molar refractivity (Wildman–Crippen MR) is 99.6 cm³/mol. The molecular formula is C18H24N4OS. The summed E-state index contributed by atoms with van der Waals surface area (Å²) < 4.78 is 7.37. The Hall–Kier alpha value is -1.95. The molecule has 1 aromatic heterocycles. The zero-order valence-electron chi connectivity index (χ0n) is 14.1. The van der Waals surface area contributed by atoms with Crippen LogP contribution < -0.4 is 4.74 Å². The Kier molecular flexibility index (Phi) is 6.18. The van der Waals surface area contributed by atoms with Gasteiger partial charge in [0.1, 0.15) is 5.75 Å². The minimum absolute atomic E-state index is 0.889. The van der Waals surface area contributed by atoms with Crippen molar-refractivity contribution in [2.45, 2.75) is 25.9 Å². The van der Waals surface area contributed by atoms with Gasteiger partial charge >= 0.3 is 0 Å². The molecule has 0 saturated heterocycles. The van der Waals surface area contributed by atoms with E-state index in [4.69, 9.17) is 9.73 Å². The van der Waals surface area contributed by atoms with Crippen LogP contribution in [0.25, 0.3) is 0 Å². The van der Waals surface area contributed by atoms with Gasteiger partial charge in [0.05, 0.1) is 13.4 Å². The van der Waals surface area contributed by atoms with Gasteiger partial charge in [-0.1, -0.05) is 23.9 Å². The van der Waals surface area contributed by atoms with E-state index < -0.39 is 0 Å². The van der Waals surface area contributed by atoms with E-state index in [-0.39, 0.29) is 0 Å². The van der Waals surface area contributed by atoms with Crippen molar-refractivity contribution in [3.63, 3.8) is 0 Å². The van der Waals surface area contributed by atoms with Crippen LogP contribution in [0.5, 0.6) is 5.75 Å². The van der Waals surface area contributed by atoms with E-state index in [9.17, 15) is 0 Å². The molecule has 0 amide bonds. The summed E-state index contributed by atoms with van der Waals surface area (Å²) in [5.41, 5.74) is 1.28. The lowest BCUT2D eigenvalue weighted by molar-refractivity contribution is 0.394. The summed E-state index contributed by atoms with van der Waals surface area (Å²) in [6.07, 6.45) is 7.98. The number of aromatic nitrogens is 2. The van der Waals surface area contributed by atoms with Gasteiger partial charge in [-0.25, -0.2) is 4.98 Å². The molecule has 0 unspecified atom stereocenters. The number of rotatable bonds is 7. The van der Waals surface area contributed by atoms with Crippen LogP contribution in [-0.4, -0.2) is 45.6 Å². The number of ether oxygens (including phenoxy) is 1. The Morgan fingerprint density at radius 1 is 1.29 bits per heavy atom. The van der Waals surface area contributed by atoms with Gasteiger partial charge in [-0.3, -0.25) is 4.99 Å². The number of amidine groups is 1. The van der Waals surface area contributed by atoms with Crippen molar-refractivity contribution >= 4 is 16.9 Å². The smallest absolute Gasteiger partial charge is 0.159 e. The van der Waals surface area contributed by atoms with E-state index in [0.717, 1.165) is 38.3 Å². The number of thioether (sulfide) groups is 1. The van der Waals surface area contributed by atoms with E-state index in [1.54, 1.807) is 7.11 Å². The van der Waals surface area contributed by atoms with Crippen LogP contribution in [0, 0.1) is 0 Å². The van der Waals surface area contributed by atoms with Crippen molar-refractivity contribution in [1.82, 2.24) is 14.5 Å². The second kappa shape index (κ2) is 8.78. The molecule has 0 spiro atoms. The Bertz CT molecular complexity index is 640. The van der Waals surface area contributed by atoms with Gasteiger partial charge in [-0.15, -0.1) is 0 Å². The standard InChI is InChI=1S/C18H24N4OS/c1-23-17-6-4-16(5-7-17)14-22(18-20-8-2-13-24-18)11-3-10-21-12-9-19-15-21/h4-7,9,12,15H,2-3,8,10-11,13-14H2,1H3. The minimum Gasteiger partial charge on any atom is -0.497 e. The Balaban J connectivity index is 1.63. The zero-order valence-corrected chi connectivity index (χ0v) is 14.9. The first-order valence-electron chi connectivity index (χ1n) is 8.36.